The number of hydrogen-bond acceptors (Lipinski definition) is 5. The van der Waals surface area contributed by atoms with Gasteiger partial charge in [-0.3, -0.25) is 4.79 Å². The summed E-state index contributed by atoms with van der Waals surface area (Å²) >= 11 is 1.68. The molecule has 0 spiro atoms. The van der Waals surface area contributed by atoms with Crippen LogP contribution in [0.15, 0.2) is 47.6 Å². The van der Waals surface area contributed by atoms with Gasteiger partial charge in [-0.25, -0.2) is 4.98 Å². The molecule has 3 rings (SSSR count). The smallest absolute Gasteiger partial charge is 0.151 e. The van der Waals surface area contributed by atoms with Gasteiger partial charge < -0.3 is 4.90 Å². The van der Waals surface area contributed by atoms with E-state index >= 15 is 0 Å². The molecular weight excluding hydrogens is 306 g/mol. The number of nitriles is 1. The number of aromatic nitrogens is 1. The normalized spacial score (nSPS) is 18.1. The molecule has 0 bridgehead atoms. The Morgan fingerprint density at radius 1 is 1.35 bits per heavy atom. The number of rotatable bonds is 4. The maximum absolute atomic E-state index is 10.7. The summed E-state index contributed by atoms with van der Waals surface area (Å²) in [5.74, 6) is 0. The summed E-state index contributed by atoms with van der Waals surface area (Å²) in [4.78, 5) is 17.4. The largest absolute Gasteiger partial charge is 0.359 e. The highest BCUT2D eigenvalue weighted by molar-refractivity contribution is 8.00. The van der Waals surface area contributed by atoms with Gasteiger partial charge in [0.2, 0.25) is 0 Å². The number of anilines is 1. The SMILES string of the molecule is [2H]c1cc(N2CCCCC2Sc2ccc(C=O)cn2)ccc1C#N. The summed E-state index contributed by atoms with van der Waals surface area (Å²) in [6.07, 6.45) is 5.69. The van der Waals surface area contributed by atoms with Crippen molar-refractivity contribution in [2.75, 3.05) is 11.4 Å². The zero-order valence-corrected chi connectivity index (χ0v) is 13.4. The fourth-order valence-electron chi connectivity index (χ4n) is 2.65. The molecule has 0 saturated carbocycles. The molecule has 0 radical (unpaired) electrons. The zero-order valence-electron chi connectivity index (χ0n) is 13.6. The first-order valence-electron chi connectivity index (χ1n) is 8.06. The molecule has 116 valence electrons. The molecule has 23 heavy (non-hydrogen) atoms. The standard InChI is InChI=1S/C18H17N3OS/c19-11-14-4-7-16(8-5-14)21-10-2-1-3-18(21)23-17-9-6-15(13-22)12-20-17/h4-9,12-13,18H,1-3,10H2/i4D. The Balaban J connectivity index is 1.81. The summed E-state index contributed by atoms with van der Waals surface area (Å²) in [5, 5.41) is 10.1. The maximum Gasteiger partial charge on any atom is 0.151 e. The highest BCUT2D eigenvalue weighted by Gasteiger charge is 2.24. The Morgan fingerprint density at radius 3 is 2.96 bits per heavy atom. The number of piperidine rings is 1. The second kappa shape index (κ2) is 7.30. The quantitative estimate of drug-likeness (QED) is 0.799. The number of nitrogens with zero attached hydrogens (tertiary/aromatic N) is 3. The van der Waals surface area contributed by atoms with Gasteiger partial charge in [0.05, 0.1) is 23.4 Å². The van der Waals surface area contributed by atoms with Crippen LogP contribution < -0.4 is 4.90 Å². The first kappa shape index (κ1) is 14.3. The molecule has 1 aliphatic heterocycles. The van der Waals surface area contributed by atoms with Crippen LogP contribution in [0.25, 0.3) is 0 Å². The molecule has 1 saturated heterocycles. The number of pyridine rings is 1. The van der Waals surface area contributed by atoms with E-state index in [4.69, 9.17) is 6.63 Å². The van der Waals surface area contributed by atoms with Gasteiger partial charge in [0.1, 0.15) is 0 Å². The van der Waals surface area contributed by atoms with Crippen LogP contribution in [0.1, 0.15) is 36.6 Å². The van der Waals surface area contributed by atoms with Crippen molar-refractivity contribution in [3.05, 3.63) is 53.7 Å². The molecule has 0 aliphatic carbocycles. The van der Waals surface area contributed by atoms with E-state index in [1.165, 1.54) is 0 Å². The molecule has 2 aromatic rings. The lowest BCUT2D eigenvalue weighted by Gasteiger charge is -2.37. The monoisotopic (exact) mass is 324 g/mol. The number of hydrogen-bond donors (Lipinski definition) is 0. The molecule has 1 atom stereocenters. The van der Waals surface area contributed by atoms with Crippen LogP contribution in [0.4, 0.5) is 5.69 Å². The molecule has 1 aromatic carbocycles. The third-order valence-electron chi connectivity index (χ3n) is 3.85. The highest BCUT2D eigenvalue weighted by Crippen LogP contribution is 2.34. The van der Waals surface area contributed by atoms with Crippen molar-refractivity contribution in [1.29, 1.82) is 5.26 Å². The van der Waals surface area contributed by atoms with Gasteiger partial charge in [0.15, 0.2) is 6.29 Å². The van der Waals surface area contributed by atoms with Gasteiger partial charge in [-0.15, -0.1) is 0 Å². The topological polar surface area (TPSA) is 57.0 Å². The Labute approximate surface area is 141 Å². The molecule has 0 N–H and O–H groups in total. The number of carbonyl (C=O) groups is 1. The van der Waals surface area contributed by atoms with Crippen LogP contribution in [-0.2, 0) is 0 Å². The van der Waals surface area contributed by atoms with Crippen molar-refractivity contribution in [2.45, 2.75) is 29.7 Å². The van der Waals surface area contributed by atoms with Crippen molar-refractivity contribution in [1.82, 2.24) is 4.98 Å². The number of aldehydes is 1. The lowest BCUT2D eigenvalue weighted by Crippen LogP contribution is -2.37. The van der Waals surface area contributed by atoms with Gasteiger partial charge in [0, 0.05) is 24.0 Å². The van der Waals surface area contributed by atoms with Crippen LogP contribution in [-0.4, -0.2) is 23.2 Å². The summed E-state index contributed by atoms with van der Waals surface area (Å²) < 4.78 is 7.96. The predicted octanol–water partition coefficient (Wildman–Crippen LogP) is 3.87. The van der Waals surface area contributed by atoms with Gasteiger partial charge >= 0.3 is 0 Å². The van der Waals surface area contributed by atoms with E-state index in [1.807, 2.05) is 18.2 Å². The second-order valence-electron chi connectivity index (χ2n) is 5.38. The minimum Gasteiger partial charge on any atom is -0.359 e. The third-order valence-corrected chi connectivity index (χ3v) is 5.09. The van der Waals surface area contributed by atoms with E-state index in [9.17, 15) is 4.79 Å². The summed E-state index contributed by atoms with van der Waals surface area (Å²) in [5.41, 5.74) is 1.94. The minimum absolute atomic E-state index is 0.237. The van der Waals surface area contributed by atoms with Gasteiger partial charge in [0.25, 0.3) is 0 Å². The number of benzene rings is 1. The molecule has 1 aromatic heterocycles. The van der Waals surface area contributed by atoms with Gasteiger partial charge in [-0.1, -0.05) is 11.8 Å². The summed E-state index contributed by atoms with van der Waals surface area (Å²) in [6.45, 7) is 0.926. The number of thioether (sulfide) groups is 1. The Bertz CT molecular complexity index is 773. The van der Waals surface area contributed by atoms with Crippen molar-refractivity contribution in [3.8, 4) is 6.07 Å². The van der Waals surface area contributed by atoms with Crippen LogP contribution in [0.5, 0.6) is 0 Å². The van der Waals surface area contributed by atoms with Crippen molar-refractivity contribution >= 4 is 23.7 Å². The average Bonchev–Trinajstić information content (AvgIpc) is 2.63. The molecular formula is C18H17N3OS. The van der Waals surface area contributed by atoms with Crippen LogP contribution >= 0.6 is 11.8 Å². The van der Waals surface area contributed by atoms with E-state index in [0.29, 0.717) is 11.1 Å². The molecule has 5 heteroatoms. The van der Waals surface area contributed by atoms with Crippen LogP contribution in [0, 0.1) is 11.3 Å². The van der Waals surface area contributed by atoms with Crippen molar-refractivity contribution < 1.29 is 6.17 Å². The van der Waals surface area contributed by atoms with Crippen molar-refractivity contribution in [2.24, 2.45) is 0 Å². The lowest BCUT2D eigenvalue weighted by atomic mass is 10.1. The second-order valence-corrected chi connectivity index (χ2v) is 6.58. The molecule has 1 aliphatic rings. The molecule has 2 heterocycles. The van der Waals surface area contributed by atoms with E-state index in [1.54, 1.807) is 36.2 Å². The highest BCUT2D eigenvalue weighted by atomic mass is 32.2. The fraction of sp³-hybridized carbons (Fsp3) is 0.278. The van der Waals surface area contributed by atoms with Crippen molar-refractivity contribution in [3.63, 3.8) is 0 Å². The zero-order chi connectivity index (χ0) is 16.9. The van der Waals surface area contributed by atoms with E-state index in [-0.39, 0.29) is 11.4 Å². The molecule has 4 nitrogen and oxygen atoms in total. The minimum atomic E-state index is 0.237. The van der Waals surface area contributed by atoms with E-state index in [2.05, 4.69) is 9.88 Å². The van der Waals surface area contributed by atoms with Gasteiger partial charge in [-0.05, 0) is 55.6 Å². The van der Waals surface area contributed by atoms with Crippen LogP contribution in [0.2, 0.25) is 0 Å². The van der Waals surface area contributed by atoms with Gasteiger partial charge in [-0.2, -0.15) is 5.26 Å². The predicted molar refractivity (Wildman–Crippen MR) is 91.6 cm³/mol. The molecule has 1 unspecified atom stereocenters. The third kappa shape index (κ3) is 3.72. The summed E-state index contributed by atoms with van der Waals surface area (Å²) in [6, 6.07) is 11.3. The van der Waals surface area contributed by atoms with E-state index < -0.39 is 0 Å². The molecule has 0 amide bonds. The Kier molecular flexibility index (Phi) is 4.53. The molecule has 1 fully saturated rings. The first-order chi connectivity index (χ1) is 11.7. The lowest BCUT2D eigenvalue weighted by molar-refractivity contribution is 0.112. The average molecular weight is 324 g/mol. The first-order valence-corrected chi connectivity index (χ1v) is 8.44. The fourth-order valence-corrected chi connectivity index (χ4v) is 3.83. The Hall–Kier alpha value is -2.32. The Morgan fingerprint density at radius 2 is 2.26 bits per heavy atom. The maximum atomic E-state index is 10.7. The van der Waals surface area contributed by atoms with Crippen LogP contribution in [0.3, 0.4) is 0 Å². The van der Waals surface area contributed by atoms with E-state index in [0.717, 1.165) is 42.8 Å². The summed E-state index contributed by atoms with van der Waals surface area (Å²) in [7, 11) is 0. The number of carbonyl (C=O) groups excluding carboxylic acids is 1.